The lowest BCUT2D eigenvalue weighted by Crippen LogP contribution is -2.27. The highest BCUT2D eigenvalue weighted by Crippen LogP contribution is 2.21. The molecule has 2 aromatic carbocycles. The third-order valence-electron chi connectivity index (χ3n) is 3.12. The van der Waals surface area contributed by atoms with Crippen molar-refractivity contribution in [3.05, 3.63) is 78.0 Å². The highest BCUT2D eigenvalue weighted by molar-refractivity contribution is 5.91. The molecule has 0 heterocycles. The van der Waals surface area contributed by atoms with Crippen molar-refractivity contribution in [2.24, 2.45) is 0 Å². The number of alkyl halides is 3. The van der Waals surface area contributed by atoms with Crippen LogP contribution in [-0.4, -0.2) is 12.2 Å². The lowest BCUT2D eigenvalue weighted by Gasteiger charge is -2.21. The molecule has 2 aromatic rings. The predicted molar refractivity (Wildman–Crippen MR) is 87.8 cm³/mol. The molecule has 0 amide bonds. The first kappa shape index (κ1) is 18.1. The van der Waals surface area contributed by atoms with Crippen LogP contribution in [0.1, 0.15) is 11.1 Å². The third kappa shape index (κ3) is 5.70. The molecule has 0 aromatic heterocycles. The molecule has 2 rings (SSSR count). The molecule has 0 saturated heterocycles. The van der Waals surface area contributed by atoms with Crippen LogP contribution in [0.3, 0.4) is 0 Å². The quantitative estimate of drug-likeness (QED) is 0.651. The zero-order valence-corrected chi connectivity index (χ0v) is 13.0. The van der Waals surface area contributed by atoms with Crippen molar-refractivity contribution in [3.63, 3.8) is 0 Å². The fraction of sp³-hybridized carbons (Fsp3) is 0.111. The van der Waals surface area contributed by atoms with E-state index in [9.17, 15) is 13.2 Å². The molecule has 0 aliphatic heterocycles. The fourth-order valence-electron chi connectivity index (χ4n) is 1.92. The van der Waals surface area contributed by atoms with E-state index in [-0.39, 0.29) is 18.4 Å². The first-order valence-corrected chi connectivity index (χ1v) is 7.20. The predicted octanol–water partition coefficient (Wildman–Crippen LogP) is 4.59. The Morgan fingerprint density at radius 1 is 1.12 bits per heavy atom. The van der Waals surface area contributed by atoms with Gasteiger partial charge in [0.2, 0.25) is 0 Å². The van der Waals surface area contributed by atoms with Gasteiger partial charge in [0, 0.05) is 12.3 Å². The largest absolute Gasteiger partial charge is 0.460 e. The number of anilines is 1. The molecule has 0 aliphatic carbocycles. The summed E-state index contributed by atoms with van der Waals surface area (Å²) in [4.78, 5) is 0.956. The number of hydrogen-bond acceptors (Lipinski definition) is 3. The molecular weight excluding hydrogens is 331 g/mol. The zero-order valence-electron chi connectivity index (χ0n) is 13.0. The van der Waals surface area contributed by atoms with Gasteiger partial charge >= 0.3 is 6.18 Å². The van der Waals surface area contributed by atoms with Gasteiger partial charge in [0.25, 0.3) is 6.02 Å². The topological polar surface area (TPSA) is 60.1 Å². The average Bonchev–Trinajstić information content (AvgIpc) is 2.60. The number of ether oxygens (including phenoxy) is 1. The summed E-state index contributed by atoms with van der Waals surface area (Å²) in [5.41, 5.74) is 1.42. The van der Waals surface area contributed by atoms with Crippen LogP contribution in [-0.2, 0) is 11.3 Å². The monoisotopic (exact) mass is 345 g/mol. The van der Waals surface area contributed by atoms with E-state index in [0.29, 0.717) is 11.8 Å². The van der Waals surface area contributed by atoms with Gasteiger partial charge in [0.1, 0.15) is 6.61 Å². The van der Waals surface area contributed by atoms with Gasteiger partial charge in [-0.3, -0.25) is 10.3 Å². The summed E-state index contributed by atoms with van der Waals surface area (Å²) in [6, 6.07) is 16.2. The van der Waals surface area contributed by atoms with Crippen LogP contribution >= 0.6 is 0 Å². The van der Waals surface area contributed by atoms with Crippen LogP contribution in [0.4, 0.5) is 18.9 Å². The maximum atomic E-state index is 12.5. The lowest BCUT2D eigenvalue weighted by atomic mass is 10.2. The van der Waals surface area contributed by atoms with E-state index in [1.807, 2.05) is 12.1 Å². The summed E-state index contributed by atoms with van der Waals surface area (Å²) < 4.78 is 42.8. The molecule has 0 saturated carbocycles. The van der Waals surface area contributed by atoms with Crippen LogP contribution in [0, 0.1) is 16.7 Å². The average molecular weight is 345 g/mol. The first-order chi connectivity index (χ1) is 11.9. The number of rotatable bonds is 4. The van der Waals surface area contributed by atoms with Gasteiger partial charge in [-0.05, 0) is 29.8 Å². The van der Waals surface area contributed by atoms with Gasteiger partial charge in [0.15, 0.2) is 0 Å². The van der Waals surface area contributed by atoms with Crippen LogP contribution < -0.4 is 4.90 Å². The van der Waals surface area contributed by atoms with Gasteiger partial charge < -0.3 is 4.74 Å². The summed E-state index contributed by atoms with van der Waals surface area (Å²) in [6.07, 6.45) is -3.79. The van der Waals surface area contributed by atoms with E-state index in [4.69, 9.17) is 15.4 Å². The summed E-state index contributed by atoms with van der Waals surface area (Å²) in [7, 11) is 0. The SMILES string of the molecule is N#Cc1ccc(N(/C=C/C(F)(F)F)C(=N)OCc2ccccc2)cc1. The zero-order chi connectivity index (χ0) is 18.3. The Morgan fingerprint density at radius 3 is 2.32 bits per heavy atom. The second-order valence-electron chi connectivity index (χ2n) is 4.97. The van der Waals surface area contributed by atoms with E-state index in [1.54, 1.807) is 24.3 Å². The third-order valence-corrected chi connectivity index (χ3v) is 3.12. The van der Waals surface area contributed by atoms with Crippen LogP contribution in [0.25, 0.3) is 0 Å². The number of amidine groups is 1. The molecule has 0 aliphatic rings. The second-order valence-corrected chi connectivity index (χ2v) is 4.97. The van der Waals surface area contributed by atoms with Gasteiger partial charge in [-0.2, -0.15) is 18.4 Å². The Morgan fingerprint density at radius 2 is 1.76 bits per heavy atom. The van der Waals surface area contributed by atoms with Crippen LogP contribution in [0.5, 0.6) is 0 Å². The van der Waals surface area contributed by atoms with E-state index in [1.165, 1.54) is 24.3 Å². The van der Waals surface area contributed by atoms with Crippen molar-refractivity contribution in [2.45, 2.75) is 12.8 Å². The van der Waals surface area contributed by atoms with E-state index in [2.05, 4.69) is 0 Å². The second kappa shape index (κ2) is 8.02. The standard InChI is InChI=1S/C18H14F3N3O/c19-18(20,21)10-11-24(16-8-6-14(12-22)7-9-16)17(23)25-13-15-4-2-1-3-5-15/h1-11,23H,13H2/b11-10+,23-17?. The first-order valence-electron chi connectivity index (χ1n) is 7.20. The molecule has 4 nitrogen and oxygen atoms in total. The van der Waals surface area contributed by atoms with E-state index >= 15 is 0 Å². The molecule has 0 unspecified atom stereocenters. The molecule has 7 heteroatoms. The summed E-state index contributed by atoms with van der Waals surface area (Å²) >= 11 is 0. The lowest BCUT2D eigenvalue weighted by molar-refractivity contribution is -0.0799. The Labute approximate surface area is 142 Å². The summed E-state index contributed by atoms with van der Waals surface area (Å²) in [5, 5.41) is 16.8. The number of nitrogens with zero attached hydrogens (tertiary/aromatic N) is 2. The van der Waals surface area contributed by atoms with Crippen molar-refractivity contribution in [1.29, 1.82) is 10.7 Å². The minimum Gasteiger partial charge on any atom is -0.460 e. The molecule has 0 spiro atoms. The Bertz CT molecular complexity index is 778. The van der Waals surface area contributed by atoms with Gasteiger partial charge in [0.05, 0.1) is 17.3 Å². The number of nitriles is 1. The van der Waals surface area contributed by atoms with Crippen LogP contribution in [0.15, 0.2) is 66.9 Å². The summed E-state index contributed by atoms with van der Waals surface area (Å²) in [5.74, 6) is 0. The molecular formula is C18H14F3N3O. The molecule has 0 radical (unpaired) electrons. The number of hydrogen-bond donors (Lipinski definition) is 1. The minimum absolute atomic E-state index is 0.0195. The minimum atomic E-state index is -4.52. The van der Waals surface area contributed by atoms with E-state index in [0.717, 1.165) is 10.5 Å². The number of nitrogens with one attached hydrogen (secondary N) is 1. The Kier molecular flexibility index (Phi) is 5.79. The molecule has 25 heavy (non-hydrogen) atoms. The summed E-state index contributed by atoms with van der Waals surface area (Å²) in [6.45, 7) is 0.0479. The molecule has 0 bridgehead atoms. The van der Waals surface area contributed by atoms with E-state index < -0.39 is 12.2 Å². The maximum absolute atomic E-state index is 12.5. The smallest absolute Gasteiger partial charge is 0.411 e. The van der Waals surface area contributed by atoms with Gasteiger partial charge in [-0.15, -0.1) is 0 Å². The molecule has 1 N–H and O–H groups in total. The number of allylic oxidation sites excluding steroid dienone is 1. The Balaban J connectivity index is 2.19. The van der Waals surface area contributed by atoms with Gasteiger partial charge in [-0.25, -0.2) is 0 Å². The normalized spacial score (nSPS) is 11.1. The number of halogens is 3. The van der Waals surface area contributed by atoms with Crippen molar-refractivity contribution in [3.8, 4) is 6.07 Å². The van der Waals surface area contributed by atoms with Gasteiger partial charge in [-0.1, -0.05) is 30.3 Å². The molecule has 128 valence electrons. The highest BCUT2D eigenvalue weighted by atomic mass is 19.4. The molecule has 0 atom stereocenters. The maximum Gasteiger partial charge on any atom is 0.411 e. The van der Waals surface area contributed by atoms with Crippen LogP contribution in [0.2, 0.25) is 0 Å². The number of benzene rings is 2. The molecule has 0 fully saturated rings. The fourth-order valence-corrected chi connectivity index (χ4v) is 1.92. The van der Waals surface area contributed by atoms with Crippen molar-refractivity contribution < 1.29 is 17.9 Å². The Hall–Kier alpha value is -3.27. The van der Waals surface area contributed by atoms with Crippen molar-refractivity contribution in [2.75, 3.05) is 4.90 Å². The highest BCUT2D eigenvalue weighted by Gasteiger charge is 2.23. The van der Waals surface area contributed by atoms with Crippen molar-refractivity contribution in [1.82, 2.24) is 0 Å². The van der Waals surface area contributed by atoms with Crippen molar-refractivity contribution >= 4 is 11.7 Å².